The highest BCUT2D eigenvalue weighted by Crippen LogP contribution is 2.38. The van der Waals surface area contributed by atoms with E-state index >= 15 is 0 Å². The van der Waals surface area contributed by atoms with Gasteiger partial charge in [0.15, 0.2) is 0 Å². The molecular weight excluding hydrogens is 338 g/mol. The number of nitro benzene ring substituents is 1. The first-order valence-electron chi connectivity index (χ1n) is 8.31. The molecule has 1 amide bonds. The molecule has 1 aromatic carbocycles. The van der Waals surface area contributed by atoms with Crippen LogP contribution in [0, 0.1) is 10.1 Å². The number of carbonyl (C=O) groups excluding carboxylic acids is 1. The highest BCUT2D eigenvalue weighted by atomic mass is 32.1. The molecule has 0 radical (unpaired) electrons. The Kier molecular flexibility index (Phi) is 5.15. The van der Waals surface area contributed by atoms with E-state index in [4.69, 9.17) is 0 Å². The standard InChI is InChI=1S/C18H21N3O3S/c1-12-11-20(13(2)17-16(12)7-10-25-17)9-8-19-18(22)14-3-5-15(6-4-14)21(23)24/h3-7,10,12-13H,8-9,11H2,1-2H3,(H,19,22)/t12-,13-/m0/s1. The second-order valence-electron chi connectivity index (χ2n) is 6.37. The maximum absolute atomic E-state index is 12.2. The molecular formula is C18H21N3O3S. The van der Waals surface area contributed by atoms with E-state index in [1.54, 1.807) is 11.3 Å². The topological polar surface area (TPSA) is 75.5 Å². The van der Waals surface area contributed by atoms with Crippen molar-refractivity contribution < 1.29 is 9.72 Å². The van der Waals surface area contributed by atoms with Crippen LogP contribution in [-0.4, -0.2) is 35.4 Å². The van der Waals surface area contributed by atoms with E-state index in [9.17, 15) is 14.9 Å². The number of hydrogen-bond acceptors (Lipinski definition) is 5. The summed E-state index contributed by atoms with van der Waals surface area (Å²) in [6.45, 7) is 6.76. The van der Waals surface area contributed by atoms with E-state index in [0.29, 0.717) is 24.1 Å². The summed E-state index contributed by atoms with van der Waals surface area (Å²) in [5.41, 5.74) is 1.87. The molecule has 132 valence electrons. The second kappa shape index (κ2) is 7.33. The molecule has 25 heavy (non-hydrogen) atoms. The van der Waals surface area contributed by atoms with Gasteiger partial charge in [0.25, 0.3) is 11.6 Å². The van der Waals surface area contributed by atoms with Gasteiger partial charge < -0.3 is 5.32 Å². The van der Waals surface area contributed by atoms with E-state index in [2.05, 4.69) is 35.5 Å². The van der Waals surface area contributed by atoms with Crippen LogP contribution in [-0.2, 0) is 0 Å². The summed E-state index contributed by atoms with van der Waals surface area (Å²) in [7, 11) is 0. The molecule has 1 aliphatic rings. The number of non-ortho nitro benzene ring substituents is 1. The zero-order valence-corrected chi connectivity index (χ0v) is 15.1. The van der Waals surface area contributed by atoms with Gasteiger partial charge in [-0.1, -0.05) is 6.92 Å². The fraction of sp³-hybridized carbons (Fsp3) is 0.389. The van der Waals surface area contributed by atoms with E-state index < -0.39 is 4.92 Å². The molecule has 3 rings (SSSR count). The van der Waals surface area contributed by atoms with Gasteiger partial charge in [-0.05, 0) is 42.0 Å². The van der Waals surface area contributed by atoms with Gasteiger partial charge in [-0.2, -0.15) is 0 Å². The minimum absolute atomic E-state index is 0.0144. The van der Waals surface area contributed by atoms with Crippen molar-refractivity contribution in [1.29, 1.82) is 0 Å². The Bertz CT molecular complexity index is 772. The van der Waals surface area contributed by atoms with E-state index in [0.717, 1.165) is 13.1 Å². The third kappa shape index (κ3) is 3.72. The summed E-state index contributed by atoms with van der Waals surface area (Å²) in [5.74, 6) is 0.298. The number of carbonyl (C=O) groups is 1. The van der Waals surface area contributed by atoms with Crippen molar-refractivity contribution in [2.24, 2.45) is 0 Å². The van der Waals surface area contributed by atoms with Crippen molar-refractivity contribution in [3.05, 3.63) is 61.8 Å². The highest BCUT2D eigenvalue weighted by molar-refractivity contribution is 7.10. The summed E-state index contributed by atoms with van der Waals surface area (Å²) < 4.78 is 0. The maximum Gasteiger partial charge on any atom is 0.269 e. The average molecular weight is 359 g/mol. The fourth-order valence-corrected chi connectivity index (χ4v) is 4.40. The number of nitro groups is 1. The first kappa shape index (κ1) is 17.6. The van der Waals surface area contributed by atoms with Crippen molar-refractivity contribution in [1.82, 2.24) is 10.2 Å². The summed E-state index contributed by atoms with van der Waals surface area (Å²) in [5, 5.41) is 15.7. The van der Waals surface area contributed by atoms with Gasteiger partial charge in [-0.15, -0.1) is 11.3 Å². The predicted molar refractivity (Wildman–Crippen MR) is 98.2 cm³/mol. The molecule has 0 aliphatic carbocycles. The van der Waals surface area contributed by atoms with Crippen molar-refractivity contribution in [3.63, 3.8) is 0 Å². The molecule has 1 N–H and O–H groups in total. The van der Waals surface area contributed by atoms with Gasteiger partial charge in [0, 0.05) is 48.2 Å². The van der Waals surface area contributed by atoms with E-state index in [1.807, 2.05) is 0 Å². The van der Waals surface area contributed by atoms with Crippen LogP contribution in [0.2, 0.25) is 0 Å². The number of benzene rings is 1. The molecule has 0 saturated heterocycles. The van der Waals surface area contributed by atoms with Gasteiger partial charge in [0.2, 0.25) is 0 Å². The van der Waals surface area contributed by atoms with Crippen LogP contribution in [0.4, 0.5) is 5.69 Å². The van der Waals surface area contributed by atoms with Crippen LogP contribution in [0.5, 0.6) is 0 Å². The SMILES string of the molecule is C[C@H]1CN(CCNC(=O)c2ccc([N+](=O)[O-])cc2)[C@@H](C)c2sccc21. The van der Waals surface area contributed by atoms with Crippen molar-refractivity contribution in [2.75, 3.05) is 19.6 Å². The number of thiophene rings is 1. The lowest BCUT2D eigenvalue weighted by Gasteiger charge is -2.36. The first-order chi connectivity index (χ1) is 12.0. The largest absolute Gasteiger partial charge is 0.351 e. The lowest BCUT2D eigenvalue weighted by atomic mass is 9.93. The number of fused-ring (bicyclic) bond motifs is 1. The third-order valence-corrected chi connectivity index (χ3v) is 5.82. The van der Waals surface area contributed by atoms with Gasteiger partial charge in [-0.3, -0.25) is 19.8 Å². The quantitative estimate of drug-likeness (QED) is 0.654. The number of nitrogens with one attached hydrogen (secondary N) is 1. The van der Waals surface area contributed by atoms with E-state index in [1.165, 1.54) is 34.7 Å². The van der Waals surface area contributed by atoms with Crippen LogP contribution in [0.15, 0.2) is 35.7 Å². The van der Waals surface area contributed by atoms with E-state index in [-0.39, 0.29) is 11.6 Å². The number of hydrogen-bond donors (Lipinski definition) is 1. The number of nitrogens with zero attached hydrogens (tertiary/aromatic N) is 2. The lowest BCUT2D eigenvalue weighted by molar-refractivity contribution is -0.384. The van der Waals surface area contributed by atoms with Gasteiger partial charge in [0.05, 0.1) is 4.92 Å². The number of amides is 1. The van der Waals surface area contributed by atoms with Crippen LogP contribution < -0.4 is 5.32 Å². The van der Waals surface area contributed by atoms with Gasteiger partial charge in [0.1, 0.15) is 0 Å². The maximum atomic E-state index is 12.2. The Labute approximate surface area is 150 Å². The normalized spacial score (nSPS) is 20.1. The smallest absolute Gasteiger partial charge is 0.269 e. The molecule has 0 fully saturated rings. The predicted octanol–water partition coefficient (Wildman–Crippen LogP) is 3.57. The molecule has 0 saturated carbocycles. The minimum atomic E-state index is -0.473. The summed E-state index contributed by atoms with van der Waals surface area (Å²) in [4.78, 5) is 26.2. The van der Waals surface area contributed by atoms with Crippen LogP contribution in [0.25, 0.3) is 0 Å². The number of rotatable bonds is 5. The Balaban J connectivity index is 1.54. The Hall–Kier alpha value is -2.25. The monoisotopic (exact) mass is 359 g/mol. The van der Waals surface area contributed by atoms with Crippen molar-refractivity contribution >= 4 is 22.9 Å². The molecule has 1 aromatic heterocycles. The fourth-order valence-electron chi connectivity index (χ4n) is 3.29. The van der Waals surface area contributed by atoms with Crippen LogP contribution in [0.3, 0.4) is 0 Å². The molecule has 7 heteroatoms. The van der Waals surface area contributed by atoms with Crippen LogP contribution in [0.1, 0.15) is 46.6 Å². The van der Waals surface area contributed by atoms with Crippen molar-refractivity contribution in [2.45, 2.75) is 25.8 Å². The second-order valence-corrected chi connectivity index (χ2v) is 7.32. The molecule has 6 nitrogen and oxygen atoms in total. The Morgan fingerprint density at radius 1 is 1.32 bits per heavy atom. The highest BCUT2D eigenvalue weighted by Gasteiger charge is 2.28. The summed E-state index contributed by atoms with van der Waals surface area (Å²) in [6, 6.07) is 8.24. The minimum Gasteiger partial charge on any atom is -0.351 e. The van der Waals surface area contributed by atoms with Crippen LogP contribution >= 0.6 is 11.3 Å². The zero-order chi connectivity index (χ0) is 18.0. The zero-order valence-electron chi connectivity index (χ0n) is 14.3. The molecule has 2 atom stereocenters. The Morgan fingerprint density at radius 2 is 2.04 bits per heavy atom. The first-order valence-corrected chi connectivity index (χ1v) is 9.19. The van der Waals surface area contributed by atoms with Gasteiger partial charge in [-0.25, -0.2) is 0 Å². The summed E-state index contributed by atoms with van der Waals surface area (Å²) >= 11 is 1.80. The molecule has 1 aliphatic heterocycles. The molecule has 0 bridgehead atoms. The lowest BCUT2D eigenvalue weighted by Crippen LogP contribution is -2.40. The Morgan fingerprint density at radius 3 is 2.72 bits per heavy atom. The third-order valence-electron chi connectivity index (χ3n) is 4.72. The van der Waals surface area contributed by atoms with Gasteiger partial charge >= 0.3 is 0 Å². The molecule has 0 spiro atoms. The van der Waals surface area contributed by atoms with Crippen molar-refractivity contribution in [3.8, 4) is 0 Å². The molecule has 2 aromatic rings. The summed E-state index contributed by atoms with van der Waals surface area (Å²) in [6.07, 6.45) is 0. The average Bonchev–Trinajstić information content (AvgIpc) is 3.09. The molecule has 0 unspecified atom stereocenters. The molecule has 2 heterocycles.